The summed E-state index contributed by atoms with van der Waals surface area (Å²) in [6.07, 6.45) is 18.8. The van der Waals surface area contributed by atoms with Gasteiger partial charge in [-0.25, -0.2) is 0 Å². The van der Waals surface area contributed by atoms with Gasteiger partial charge in [0.2, 0.25) is 5.91 Å². The highest BCUT2D eigenvalue weighted by Crippen LogP contribution is 2.43. The topological polar surface area (TPSA) is 98.8 Å². The molecular weight excluding hydrogens is 745 g/mol. The molecule has 3 atom stereocenters. The second-order valence-corrected chi connectivity index (χ2v) is 24.7. The smallest absolute Gasteiger partial charge is 0.222 e. The molecule has 1 aliphatic heterocycles. The summed E-state index contributed by atoms with van der Waals surface area (Å²) >= 11 is 0. The summed E-state index contributed by atoms with van der Waals surface area (Å²) < 4.78 is 0. The van der Waals surface area contributed by atoms with Crippen LogP contribution in [0.3, 0.4) is 0 Å². The molecule has 1 aliphatic rings. The molecule has 1 heterocycles. The zero-order valence-electron chi connectivity index (χ0n) is 42.9. The summed E-state index contributed by atoms with van der Waals surface area (Å²) in [5.41, 5.74) is -3.74. The third-order valence-electron chi connectivity index (χ3n) is 11.8. The first-order valence-corrected chi connectivity index (χ1v) is 23.5. The van der Waals surface area contributed by atoms with Crippen LogP contribution in [0.2, 0.25) is 0 Å². The average Bonchev–Trinajstić information content (AvgIpc) is 3.51. The number of nitrogens with zero attached hydrogens (tertiary/aromatic N) is 2. The highest BCUT2D eigenvalue weighted by molar-refractivity contribution is 5.94. The van der Waals surface area contributed by atoms with E-state index in [0.29, 0.717) is 31.6 Å². The molecule has 0 aromatic carbocycles. The lowest BCUT2D eigenvalue weighted by atomic mass is 9.72. The molecule has 60 heavy (non-hydrogen) atoms. The van der Waals surface area contributed by atoms with Gasteiger partial charge in [-0.05, 0) is 153 Å². The standard InChI is InChI=1S/C52H96N4O4/c1-44(2,3)41(58)50(19,53-47(10,11)12)33-30-38-55(20)40(57)32-26-22-21-23-27-34-51(54-48(13,14)15,42(59)45(4,5)6)35-28-24-25-29-36-52(43(60)46(7,8)9)37-31-39-56(52)49(16,17)18/h21-22,25,29,53-54H,23-24,26-28,30-39H2,1-20H3/b22-21+,29-25+/t50-,51?,52-/m0/s1. The minimum atomic E-state index is -0.667. The van der Waals surface area contributed by atoms with Gasteiger partial charge in [0.15, 0.2) is 17.3 Å². The fourth-order valence-corrected chi connectivity index (χ4v) is 9.82. The van der Waals surface area contributed by atoms with Gasteiger partial charge in [-0.2, -0.15) is 0 Å². The maximum absolute atomic E-state index is 14.4. The normalized spacial score (nSPS) is 19.8. The molecule has 0 spiro atoms. The molecule has 0 aromatic heterocycles. The van der Waals surface area contributed by atoms with E-state index in [1.54, 1.807) is 4.90 Å². The van der Waals surface area contributed by atoms with Crippen LogP contribution in [0.25, 0.3) is 0 Å². The van der Waals surface area contributed by atoms with Gasteiger partial charge < -0.3 is 15.5 Å². The molecule has 2 N–H and O–H groups in total. The predicted octanol–water partition coefficient (Wildman–Crippen LogP) is 11.6. The number of likely N-dealkylation sites (tertiary alicyclic amines) is 1. The van der Waals surface area contributed by atoms with E-state index in [9.17, 15) is 19.2 Å². The second-order valence-electron chi connectivity index (χ2n) is 24.7. The van der Waals surface area contributed by atoms with Crippen molar-refractivity contribution in [2.75, 3.05) is 20.1 Å². The molecule has 0 aliphatic carbocycles. The molecule has 0 saturated carbocycles. The Kier molecular flexibility index (Phi) is 20.0. The van der Waals surface area contributed by atoms with E-state index in [0.717, 1.165) is 70.8 Å². The number of nitrogens with one attached hydrogen (secondary N) is 2. The molecule has 1 fully saturated rings. The lowest BCUT2D eigenvalue weighted by Crippen LogP contribution is -2.61. The van der Waals surface area contributed by atoms with Gasteiger partial charge >= 0.3 is 0 Å². The maximum atomic E-state index is 14.4. The molecule has 1 saturated heterocycles. The van der Waals surface area contributed by atoms with E-state index in [1.165, 1.54) is 0 Å². The van der Waals surface area contributed by atoms with E-state index >= 15 is 0 Å². The number of allylic oxidation sites excluding steroid dienone is 3. The summed E-state index contributed by atoms with van der Waals surface area (Å²) in [5.74, 6) is 0.887. The number of Topliss-reactive ketones (excluding diaryl/α,β-unsaturated/α-hetero) is 3. The lowest BCUT2D eigenvalue weighted by Gasteiger charge is -2.47. The van der Waals surface area contributed by atoms with E-state index in [1.807, 2.05) is 55.5 Å². The summed E-state index contributed by atoms with van der Waals surface area (Å²) in [7, 11) is 1.86. The monoisotopic (exact) mass is 841 g/mol. The minimum absolute atomic E-state index is 0.0937. The summed E-state index contributed by atoms with van der Waals surface area (Å²) in [5, 5.41) is 7.40. The molecule has 1 amide bonds. The van der Waals surface area contributed by atoms with Crippen LogP contribution in [0.5, 0.6) is 0 Å². The van der Waals surface area contributed by atoms with Crippen molar-refractivity contribution in [3.05, 3.63) is 24.3 Å². The minimum Gasteiger partial charge on any atom is -0.346 e. The van der Waals surface area contributed by atoms with Crippen molar-refractivity contribution in [3.63, 3.8) is 0 Å². The summed E-state index contributed by atoms with van der Waals surface area (Å²) in [6, 6.07) is 0. The van der Waals surface area contributed by atoms with Gasteiger partial charge in [-0.3, -0.25) is 24.1 Å². The predicted molar refractivity (Wildman–Crippen MR) is 255 cm³/mol. The maximum Gasteiger partial charge on any atom is 0.222 e. The third kappa shape index (κ3) is 17.5. The molecule has 0 bridgehead atoms. The Morgan fingerprint density at radius 3 is 1.53 bits per heavy atom. The van der Waals surface area contributed by atoms with Crippen molar-refractivity contribution in [3.8, 4) is 0 Å². The number of rotatable bonds is 22. The molecule has 0 aromatic rings. The van der Waals surface area contributed by atoms with Crippen molar-refractivity contribution < 1.29 is 19.2 Å². The SMILES string of the molecule is CN(CCC[C@](C)(NC(C)(C)C)C(=O)C(C)(C)C)C(=O)CC/C=C/CCCC(CCC/C=C/C[C@@]1(C(=O)C(C)(C)C)CCCN1C(C)(C)C)(NC(C)(C)C)C(=O)C(C)(C)C. The molecule has 8 nitrogen and oxygen atoms in total. The summed E-state index contributed by atoms with van der Waals surface area (Å²) in [4.78, 5) is 59.1. The van der Waals surface area contributed by atoms with Crippen LogP contribution in [0.1, 0.15) is 215 Å². The van der Waals surface area contributed by atoms with Crippen LogP contribution in [0, 0.1) is 16.2 Å². The van der Waals surface area contributed by atoms with Gasteiger partial charge in [-0.1, -0.05) is 86.6 Å². The Morgan fingerprint density at radius 1 is 0.600 bits per heavy atom. The lowest BCUT2D eigenvalue weighted by molar-refractivity contribution is -0.140. The van der Waals surface area contributed by atoms with Crippen LogP contribution in [0.4, 0.5) is 0 Å². The summed E-state index contributed by atoms with van der Waals surface area (Å²) in [6.45, 7) is 41.1. The Bertz CT molecular complexity index is 1470. The molecular formula is C52H96N4O4. The zero-order chi connectivity index (χ0) is 46.8. The van der Waals surface area contributed by atoms with Gasteiger partial charge in [0, 0.05) is 52.9 Å². The molecule has 1 rings (SSSR count). The van der Waals surface area contributed by atoms with Crippen LogP contribution in [-0.2, 0) is 19.2 Å². The average molecular weight is 841 g/mol. The van der Waals surface area contributed by atoms with Crippen molar-refractivity contribution >= 4 is 23.3 Å². The number of ketones is 3. The Hall–Kier alpha value is -2.16. The molecule has 348 valence electrons. The van der Waals surface area contributed by atoms with Crippen LogP contribution in [-0.4, -0.2) is 86.4 Å². The van der Waals surface area contributed by atoms with Crippen LogP contribution in [0.15, 0.2) is 24.3 Å². The van der Waals surface area contributed by atoms with Gasteiger partial charge in [0.25, 0.3) is 0 Å². The number of unbranched alkanes of at least 4 members (excludes halogenated alkanes) is 2. The number of carbonyl (C=O) groups excluding carboxylic acids is 4. The van der Waals surface area contributed by atoms with Gasteiger partial charge in [-0.15, -0.1) is 0 Å². The number of carbonyl (C=O) groups is 4. The third-order valence-corrected chi connectivity index (χ3v) is 11.8. The van der Waals surface area contributed by atoms with Crippen LogP contribution >= 0.6 is 0 Å². The zero-order valence-corrected chi connectivity index (χ0v) is 42.9. The quantitative estimate of drug-likeness (QED) is 0.0827. The molecule has 0 radical (unpaired) electrons. The van der Waals surface area contributed by atoms with Crippen molar-refractivity contribution in [2.45, 2.75) is 248 Å². The number of hydrogen-bond acceptors (Lipinski definition) is 7. The first-order valence-electron chi connectivity index (χ1n) is 23.5. The Balaban J connectivity index is 2.95. The number of amides is 1. The van der Waals surface area contributed by atoms with Gasteiger partial charge in [0.05, 0.1) is 16.6 Å². The number of hydrogen-bond donors (Lipinski definition) is 2. The van der Waals surface area contributed by atoms with Gasteiger partial charge in [0.1, 0.15) is 0 Å². The molecule has 8 heteroatoms. The van der Waals surface area contributed by atoms with E-state index in [2.05, 4.69) is 123 Å². The Morgan fingerprint density at radius 2 is 1.08 bits per heavy atom. The molecule has 1 unspecified atom stereocenters. The van der Waals surface area contributed by atoms with E-state index in [-0.39, 0.29) is 34.1 Å². The largest absolute Gasteiger partial charge is 0.346 e. The highest BCUT2D eigenvalue weighted by atomic mass is 16.2. The van der Waals surface area contributed by atoms with Crippen molar-refractivity contribution in [1.82, 2.24) is 20.4 Å². The first-order chi connectivity index (χ1) is 26.9. The highest BCUT2D eigenvalue weighted by Gasteiger charge is 2.53. The van der Waals surface area contributed by atoms with Crippen molar-refractivity contribution in [2.24, 2.45) is 16.2 Å². The van der Waals surface area contributed by atoms with E-state index in [4.69, 9.17) is 0 Å². The fraction of sp³-hybridized carbons (Fsp3) is 0.846. The van der Waals surface area contributed by atoms with E-state index < -0.39 is 32.9 Å². The Labute approximate surface area is 370 Å². The van der Waals surface area contributed by atoms with Crippen molar-refractivity contribution in [1.29, 1.82) is 0 Å². The fourth-order valence-electron chi connectivity index (χ4n) is 9.82. The first kappa shape index (κ1) is 55.9. The van der Waals surface area contributed by atoms with Crippen LogP contribution < -0.4 is 10.6 Å². The second kappa shape index (κ2) is 21.5.